The van der Waals surface area contributed by atoms with E-state index in [0.29, 0.717) is 0 Å². The topological polar surface area (TPSA) is 49.8 Å². The van der Waals surface area contributed by atoms with Gasteiger partial charge >= 0.3 is 0 Å². The minimum atomic E-state index is -0.391. The van der Waals surface area contributed by atoms with Gasteiger partial charge in [-0.25, -0.2) is 5.06 Å². The van der Waals surface area contributed by atoms with Gasteiger partial charge in [-0.05, 0) is 37.1 Å². The van der Waals surface area contributed by atoms with E-state index in [1.54, 1.807) is 6.92 Å². The third kappa shape index (κ3) is 3.86. The summed E-state index contributed by atoms with van der Waals surface area (Å²) in [6, 6.07) is 17.0. The summed E-state index contributed by atoms with van der Waals surface area (Å²) in [6.07, 6.45) is -0.0453. The van der Waals surface area contributed by atoms with Gasteiger partial charge in [-0.15, -0.1) is 0 Å². The summed E-state index contributed by atoms with van der Waals surface area (Å²) in [5.41, 5.74) is 1.95. The van der Waals surface area contributed by atoms with Gasteiger partial charge in [0.2, 0.25) is 5.91 Å². The maximum Gasteiger partial charge on any atom is 0.243 e. The molecule has 1 N–H and O–H groups in total. The Morgan fingerprint density at radius 1 is 1.00 bits per heavy atom. The Bertz CT molecular complexity index is 610. The van der Waals surface area contributed by atoms with E-state index in [9.17, 15) is 10.0 Å². The zero-order valence-electron chi connectivity index (χ0n) is 13.1. The molecule has 0 heterocycles. The van der Waals surface area contributed by atoms with Crippen molar-refractivity contribution in [2.24, 2.45) is 0 Å². The molecular formula is C18H21NO3. The molecule has 22 heavy (non-hydrogen) atoms. The first-order valence-electron chi connectivity index (χ1n) is 7.29. The highest BCUT2D eigenvalue weighted by atomic mass is 16.5. The first kappa shape index (κ1) is 16.0. The molecule has 116 valence electrons. The van der Waals surface area contributed by atoms with Crippen LogP contribution in [0.5, 0.6) is 5.75 Å². The number of rotatable bonds is 5. The molecule has 0 spiro atoms. The van der Waals surface area contributed by atoms with Crippen LogP contribution in [-0.2, 0) is 4.79 Å². The summed E-state index contributed by atoms with van der Waals surface area (Å²) in [6.45, 7) is 5.09. The molecule has 2 rings (SSSR count). The SMILES string of the molecule is CC(=O)N(O)[C@@H](C)c1ccc(O[C@H](C)c2ccccc2)cc1. The monoisotopic (exact) mass is 299 g/mol. The smallest absolute Gasteiger partial charge is 0.243 e. The Labute approximate surface area is 130 Å². The van der Waals surface area contributed by atoms with E-state index in [0.717, 1.165) is 21.9 Å². The zero-order chi connectivity index (χ0) is 16.1. The first-order chi connectivity index (χ1) is 10.5. The number of amides is 1. The summed E-state index contributed by atoms with van der Waals surface area (Å²) in [7, 11) is 0. The Hall–Kier alpha value is -2.33. The fourth-order valence-electron chi connectivity index (χ4n) is 2.24. The van der Waals surface area contributed by atoms with E-state index < -0.39 is 6.04 Å². The first-order valence-corrected chi connectivity index (χ1v) is 7.29. The van der Waals surface area contributed by atoms with Gasteiger partial charge in [-0.1, -0.05) is 42.5 Å². The fourth-order valence-corrected chi connectivity index (χ4v) is 2.24. The minimum absolute atomic E-state index is 0.0453. The largest absolute Gasteiger partial charge is 0.486 e. The molecule has 0 saturated heterocycles. The van der Waals surface area contributed by atoms with Crippen molar-refractivity contribution in [3.63, 3.8) is 0 Å². The summed E-state index contributed by atoms with van der Waals surface area (Å²) < 4.78 is 5.90. The van der Waals surface area contributed by atoms with Crippen LogP contribution in [0.4, 0.5) is 0 Å². The van der Waals surface area contributed by atoms with E-state index in [-0.39, 0.29) is 12.0 Å². The molecule has 0 aliphatic rings. The second-order valence-electron chi connectivity index (χ2n) is 5.28. The second kappa shape index (κ2) is 7.09. The average molecular weight is 299 g/mol. The van der Waals surface area contributed by atoms with Gasteiger partial charge in [-0.2, -0.15) is 0 Å². The summed E-state index contributed by atoms with van der Waals surface area (Å²) in [4.78, 5) is 11.2. The van der Waals surface area contributed by atoms with Crippen molar-refractivity contribution in [2.45, 2.75) is 32.9 Å². The zero-order valence-corrected chi connectivity index (χ0v) is 13.1. The number of carbonyl (C=O) groups excluding carboxylic acids is 1. The second-order valence-corrected chi connectivity index (χ2v) is 5.28. The lowest BCUT2D eigenvalue weighted by Crippen LogP contribution is -2.27. The van der Waals surface area contributed by atoms with Crippen molar-refractivity contribution in [3.05, 3.63) is 65.7 Å². The molecule has 0 bridgehead atoms. The maximum absolute atomic E-state index is 11.2. The van der Waals surface area contributed by atoms with Crippen LogP contribution in [0.25, 0.3) is 0 Å². The number of hydrogen-bond acceptors (Lipinski definition) is 3. The Morgan fingerprint density at radius 2 is 1.59 bits per heavy atom. The van der Waals surface area contributed by atoms with Crippen LogP contribution in [0.1, 0.15) is 44.0 Å². The van der Waals surface area contributed by atoms with Crippen LogP contribution in [0.15, 0.2) is 54.6 Å². The van der Waals surface area contributed by atoms with Gasteiger partial charge in [0.05, 0.1) is 6.04 Å². The van der Waals surface area contributed by atoms with E-state index >= 15 is 0 Å². The number of carbonyl (C=O) groups is 1. The Kier molecular flexibility index (Phi) is 5.17. The van der Waals surface area contributed by atoms with Crippen molar-refractivity contribution in [1.82, 2.24) is 5.06 Å². The molecule has 1 amide bonds. The molecule has 0 saturated carbocycles. The average Bonchev–Trinajstić information content (AvgIpc) is 2.55. The van der Waals surface area contributed by atoms with Gasteiger partial charge < -0.3 is 4.74 Å². The van der Waals surface area contributed by atoms with Crippen molar-refractivity contribution >= 4 is 5.91 Å². The van der Waals surface area contributed by atoms with Gasteiger partial charge in [0, 0.05) is 6.92 Å². The van der Waals surface area contributed by atoms with Crippen LogP contribution in [0.3, 0.4) is 0 Å². The molecule has 0 aliphatic carbocycles. The predicted molar refractivity (Wildman–Crippen MR) is 84.6 cm³/mol. The van der Waals surface area contributed by atoms with Crippen LogP contribution < -0.4 is 4.74 Å². The molecule has 2 aromatic carbocycles. The quantitative estimate of drug-likeness (QED) is 0.667. The maximum atomic E-state index is 11.2. The molecule has 0 fully saturated rings. The van der Waals surface area contributed by atoms with Gasteiger partial charge in [-0.3, -0.25) is 10.0 Å². The number of hydroxylamine groups is 2. The minimum Gasteiger partial charge on any atom is -0.486 e. The van der Waals surface area contributed by atoms with Crippen molar-refractivity contribution < 1.29 is 14.7 Å². The number of benzene rings is 2. The molecule has 0 radical (unpaired) electrons. The summed E-state index contributed by atoms with van der Waals surface area (Å²) >= 11 is 0. The van der Waals surface area contributed by atoms with E-state index in [2.05, 4.69) is 0 Å². The van der Waals surface area contributed by atoms with E-state index in [1.165, 1.54) is 6.92 Å². The van der Waals surface area contributed by atoms with Gasteiger partial charge in [0.15, 0.2) is 0 Å². The molecule has 2 aromatic rings. The Balaban J connectivity index is 2.04. The van der Waals surface area contributed by atoms with Crippen molar-refractivity contribution in [2.75, 3.05) is 0 Å². The third-order valence-corrected chi connectivity index (χ3v) is 3.63. The highest BCUT2D eigenvalue weighted by Crippen LogP contribution is 2.25. The Morgan fingerprint density at radius 3 is 2.14 bits per heavy atom. The van der Waals surface area contributed by atoms with Crippen LogP contribution in [0, 0.1) is 0 Å². The third-order valence-electron chi connectivity index (χ3n) is 3.63. The fraction of sp³-hybridized carbons (Fsp3) is 0.278. The van der Waals surface area contributed by atoms with E-state index in [1.807, 2.05) is 61.5 Å². The highest BCUT2D eigenvalue weighted by molar-refractivity contribution is 5.72. The lowest BCUT2D eigenvalue weighted by molar-refractivity contribution is -0.172. The van der Waals surface area contributed by atoms with Crippen LogP contribution in [-0.4, -0.2) is 16.2 Å². The van der Waals surface area contributed by atoms with Gasteiger partial charge in [0.1, 0.15) is 11.9 Å². The standard InChI is InChI=1S/C18H21NO3/c1-13(19(21)15(3)20)16-9-11-18(12-10-16)22-14(2)17-7-5-4-6-8-17/h4-14,21H,1-3H3/t13-,14+/m0/s1. The number of ether oxygens (including phenoxy) is 1. The normalized spacial score (nSPS) is 13.3. The molecular weight excluding hydrogens is 278 g/mol. The van der Waals surface area contributed by atoms with Gasteiger partial charge in [0.25, 0.3) is 0 Å². The van der Waals surface area contributed by atoms with Crippen LogP contribution >= 0.6 is 0 Å². The van der Waals surface area contributed by atoms with Crippen LogP contribution in [0.2, 0.25) is 0 Å². The predicted octanol–water partition coefficient (Wildman–Crippen LogP) is 4.13. The number of hydrogen-bond donors (Lipinski definition) is 1. The molecule has 0 aliphatic heterocycles. The molecule has 4 nitrogen and oxygen atoms in total. The lowest BCUT2D eigenvalue weighted by Gasteiger charge is -2.22. The summed E-state index contributed by atoms with van der Waals surface area (Å²) in [5.74, 6) is 0.366. The van der Waals surface area contributed by atoms with E-state index in [4.69, 9.17) is 4.74 Å². The molecule has 2 atom stereocenters. The molecule has 0 unspecified atom stereocenters. The van der Waals surface area contributed by atoms with Crippen molar-refractivity contribution in [1.29, 1.82) is 0 Å². The highest BCUT2D eigenvalue weighted by Gasteiger charge is 2.16. The lowest BCUT2D eigenvalue weighted by atomic mass is 10.1. The van der Waals surface area contributed by atoms with Crippen molar-refractivity contribution in [3.8, 4) is 5.75 Å². The number of nitrogens with zero attached hydrogens (tertiary/aromatic N) is 1. The molecule has 0 aromatic heterocycles. The molecule has 4 heteroatoms. The summed E-state index contributed by atoms with van der Waals surface area (Å²) in [5, 5.41) is 10.4.